The number of hydrogen-bond donors (Lipinski definition) is 8. The third-order valence-electron chi connectivity index (χ3n) is 13.4. The Labute approximate surface area is 519 Å². The fraction of sp³-hybridized carbons (Fsp3) is 0.0333. The molecule has 0 aromatic heterocycles. The summed E-state index contributed by atoms with van der Waals surface area (Å²) in [6.45, 7) is -1.39. The first-order valence-electron chi connectivity index (χ1n) is 25.2. The van der Waals surface area contributed by atoms with E-state index in [2.05, 4.69) is 9.98 Å². The van der Waals surface area contributed by atoms with Gasteiger partial charge in [-0.3, -0.25) is 9.59 Å². The predicted molar refractivity (Wildman–Crippen MR) is 321 cm³/mol. The standard InChI is InChI=1S/C60H34Cl4N4O22/c61-35-15-31-45(19-41(35)69)89-46-20-42(70)36(62)16-32(46)51(31)27-5-1-23(11-29(27)55(75)76)53(73)65-25-3-7-39(67(57(79)80)58(81)82)49(13-25)87-9-10-88-50-14-26(4-8-40(50)68(59(83)84)60(85)86)66-54(74)24-2-6-28(30(12-24)56(77)78)52-33-17-37(63)43(71)21-47(33)90-48-22-44(72)38(64)18-34(48)52/h1-8,11-22,69,71H,9-10H2,(H,65,73)(H,66,74)(H,75,76)(H,77,78)(H,79,80)(H,81,82)(H,83,84)(H,85,86)/p-2. The fourth-order valence-electron chi connectivity index (χ4n) is 9.52. The molecule has 2 aliphatic heterocycles. The van der Waals surface area contributed by atoms with Gasteiger partial charge in [0, 0.05) is 78.5 Å². The molecule has 0 spiro atoms. The first-order chi connectivity index (χ1) is 42.7. The summed E-state index contributed by atoms with van der Waals surface area (Å²) in [7, 11) is 0. The molecule has 454 valence electrons. The van der Waals surface area contributed by atoms with E-state index >= 15 is 0 Å². The van der Waals surface area contributed by atoms with Crippen LogP contribution in [0.2, 0.25) is 20.1 Å². The summed E-state index contributed by atoms with van der Waals surface area (Å²) in [4.78, 5) is 108. The van der Waals surface area contributed by atoms with Crippen molar-refractivity contribution in [1.82, 2.24) is 0 Å². The first-order valence-corrected chi connectivity index (χ1v) is 26.7. The summed E-state index contributed by atoms with van der Waals surface area (Å²) in [6.07, 6.45) is -8.07. The molecule has 0 atom stereocenters. The molecule has 6 aromatic carbocycles. The molecular formula is C60H32Cl4N4O22-2. The Hall–Kier alpha value is -11.6. The van der Waals surface area contributed by atoms with Crippen molar-refractivity contribution in [3.05, 3.63) is 184 Å². The van der Waals surface area contributed by atoms with Crippen LogP contribution in [0.25, 0.3) is 66.8 Å². The highest BCUT2D eigenvalue weighted by molar-refractivity contribution is 6.34. The molecule has 0 saturated carbocycles. The second kappa shape index (κ2) is 24.3. The van der Waals surface area contributed by atoms with Gasteiger partial charge >= 0.3 is 36.3 Å². The number of aliphatic hydroxyl groups is 2. The minimum Gasteiger partial charge on any atom is -0.871 e. The zero-order valence-electron chi connectivity index (χ0n) is 44.6. The molecule has 0 bridgehead atoms. The van der Waals surface area contributed by atoms with E-state index in [9.17, 15) is 89.4 Å². The topological polar surface area (TPSA) is 420 Å². The van der Waals surface area contributed by atoms with E-state index in [1.54, 1.807) is 0 Å². The lowest BCUT2D eigenvalue weighted by Gasteiger charge is -2.20. The van der Waals surface area contributed by atoms with Crippen molar-refractivity contribution >= 4 is 139 Å². The second-order valence-corrected chi connectivity index (χ2v) is 20.5. The lowest BCUT2D eigenvalue weighted by Crippen LogP contribution is -2.35. The Balaban J connectivity index is 0.965. The molecule has 6 aromatic rings. The lowest BCUT2D eigenvalue weighted by atomic mass is 9.90. The smallest absolute Gasteiger partial charge is 0.421 e. The Morgan fingerprint density at radius 2 is 0.811 bits per heavy atom. The minimum atomic E-state index is -2.02. The number of ether oxygens (including phenoxy) is 2. The number of aliphatic imine (C=N–C) groups is 2. The maximum atomic E-state index is 13.0. The number of benzene rings is 8. The van der Waals surface area contributed by atoms with E-state index in [-0.39, 0.29) is 119 Å². The quantitative estimate of drug-likeness (QED) is 0.0204. The summed E-state index contributed by atoms with van der Waals surface area (Å²) >= 11 is 24.8. The molecule has 90 heavy (non-hydrogen) atoms. The van der Waals surface area contributed by atoms with E-state index in [1.807, 2.05) is 0 Å². The summed E-state index contributed by atoms with van der Waals surface area (Å²) in [5.41, 5.74) is -4.23. The molecule has 0 fully saturated rings. The van der Waals surface area contributed by atoms with Crippen molar-refractivity contribution in [1.29, 1.82) is 0 Å². The molecule has 30 heteroatoms. The number of imide groups is 2. The zero-order valence-corrected chi connectivity index (χ0v) is 47.6. The van der Waals surface area contributed by atoms with Gasteiger partial charge in [-0.2, -0.15) is 9.80 Å². The average Bonchev–Trinajstić information content (AvgIpc) is 0.751. The van der Waals surface area contributed by atoms with E-state index in [0.29, 0.717) is 0 Å². The van der Waals surface area contributed by atoms with Gasteiger partial charge in [0.1, 0.15) is 58.8 Å². The van der Waals surface area contributed by atoms with Gasteiger partial charge in [0.25, 0.3) is 0 Å². The monoisotopic (exact) mass is 1300 g/mol. The molecule has 2 heterocycles. The molecule has 0 unspecified atom stereocenters. The van der Waals surface area contributed by atoms with Crippen LogP contribution in [0.3, 0.4) is 0 Å². The number of fused-ring (bicyclic) bond motifs is 4. The molecule has 0 radical (unpaired) electrons. The third-order valence-corrected chi connectivity index (χ3v) is 14.6. The van der Waals surface area contributed by atoms with Crippen LogP contribution >= 0.6 is 46.4 Å². The van der Waals surface area contributed by atoms with Gasteiger partial charge in [-0.05, 0) is 96.1 Å². The molecular weight excluding hydrogens is 1270 g/mol. The van der Waals surface area contributed by atoms with Gasteiger partial charge in [-0.25, -0.2) is 38.8 Å². The number of nitrogens with zero attached hydrogens (tertiary/aromatic N) is 4. The van der Waals surface area contributed by atoms with Crippen molar-refractivity contribution in [2.24, 2.45) is 9.98 Å². The van der Waals surface area contributed by atoms with Crippen LogP contribution in [0.4, 0.5) is 41.9 Å². The van der Waals surface area contributed by atoms with Gasteiger partial charge in [-0.15, -0.1) is 0 Å². The van der Waals surface area contributed by atoms with Crippen molar-refractivity contribution < 1.29 is 98.1 Å². The second-order valence-electron chi connectivity index (χ2n) is 18.9. The van der Waals surface area contributed by atoms with E-state index < -0.39 is 118 Å². The number of carboxylic acids is 2. The normalized spacial score (nSPS) is 11.7. The van der Waals surface area contributed by atoms with E-state index in [0.717, 1.165) is 72.8 Å². The minimum absolute atomic E-state index is 0.0331. The number of hydrogen-bond acceptors (Lipinski definition) is 16. The lowest BCUT2D eigenvalue weighted by molar-refractivity contribution is -0.268. The van der Waals surface area contributed by atoms with Crippen LogP contribution in [0.5, 0.6) is 23.0 Å². The number of amides is 4. The summed E-state index contributed by atoms with van der Waals surface area (Å²) in [5, 5.41) is 108. The molecule has 10 rings (SSSR count). The Morgan fingerprint density at radius 3 is 1.16 bits per heavy atom. The zero-order chi connectivity index (χ0) is 64.9. The number of halogens is 4. The Morgan fingerprint density at radius 1 is 0.444 bits per heavy atom. The molecule has 8 N–H and O–H groups in total. The number of carboxylic acid groups (broad SMARTS) is 6. The largest absolute Gasteiger partial charge is 0.871 e. The number of rotatable bonds is 15. The van der Waals surface area contributed by atoms with Gasteiger partial charge in [0.05, 0.1) is 32.5 Å². The summed E-state index contributed by atoms with van der Waals surface area (Å²) in [5.74, 6) is -7.37. The van der Waals surface area contributed by atoms with Crippen LogP contribution in [-0.2, 0) is 0 Å². The van der Waals surface area contributed by atoms with Crippen LogP contribution in [0.1, 0.15) is 31.8 Å². The van der Waals surface area contributed by atoms with Crippen LogP contribution in [-0.4, -0.2) is 102 Å². The molecule has 4 amide bonds. The van der Waals surface area contributed by atoms with Crippen molar-refractivity contribution in [3.8, 4) is 67.9 Å². The molecule has 4 aliphatic rings. The average molecular weight is 1300 g/mol. The summed E-state index contributed by atoms with van der Waals surface area (Å²) < 4.78 is 23.2. The molecule has 26 nitrogen and oxygen atoms in total. The predicted octanol–water partition coefficient (Wildman–Crippen LogP) is 12.7. The number of aliphatic hydroxyl groups excluding tert-OH is 2. The van der Waals surface area contributed by atoms with Crippen molar-refractivity contribution in [3.63, 3.8) is 0 Å². The maximum Gasteiger partial charge on any atom is 0.421 e. The molecule has 2 aliphatic carbocycles. The maximum absolute atomic E-state index is 13.0. The van der Waals surface area contributed by atoms with E-state index in [1.165, 1.54) is 48.5 Å². The van der Waals surface area contributed by atoms with Crippen LogP contribution in [0.15, 0.2) is 150 Å². The van der Waals surface area contributed by atoms with Crippen molar-refractivity contribution in [2.75, 3.05) is 23.0 Å². The van der Waals surface area contributed by atoms with Gasteiger partial charge < -0.3 is 69.4 Å². The highest BCUT2D eigenvalue weighted by atomic mass is 35.5. The van der Waals surface area contributed by atoms with E-state index in [4.69, 9.17) is 64.7 Å². The third kappa shape index (κ3) is 11.9. The van der Waals surface area contributed by atoms with Gasteiger partial charge in [0.15, 0.2) is 0 Å². The highest BCUT2D eigenvalue weighted by Crippen LogP contribution is 2.47. The van der Waals surface area contributed by atoms with Crippen molar-refractivity contribution in [2.45, 2.75) is 0 Å². The Kier molecular flexibility index (Phi) is 16.6. The fourth-order valence-corrected chi connectivity index (χ4v) is 10.2. The highest BCUT2D eigenvalue weighted by Gasteiger charge is 2.30. The number of aromatic carboxylic acids is 2. The summed E-state index contributed by atoms with van der Waals surface area (Å²) in [6, 6.07) is 22.1. The number of carbonyl (C=O) groups is 6. The Bertz CT molecular complexity index is 4560. The van der Waals surface area contributed by atoms with Crippen LogP contribution < -0.4 is 40.3 Å². The first kappa shape index (κ1) is 61.5. The SMILES string of the molecule is O=C(O)c1cc(C(O)=Nc2ccc(N(C(=O)O)C(=O)O)c(OCCOc3cc(N=C(O)c4ccc(-c5c6cc(Cl)c(=O)cc-6oc6cc([O-])c(Cl)cc56)c(C(=O)O)c4)ccc3N(C(=O)O)C(=O)O)c2)ccc1-c1c2cc(Cl)c(=O)cc-2oc2cc([O-])c(Cl)cc12. The number of anilines is 2. The molecule has 0 saturated heterocycles. The van der Waals surface area contributed by atoms with Crippen LogP contribution in [0, 0.1) is 0 Å². The van der Waals surface area contributed by atoms with Gasteiger partial charge in [0.2, 0.25) is 22.7 Å². The van der Waals surface area contributed by atoms with Gasteiger partial charge in [-0.1, -0.05) is 70.0 Å².